The molecule has 0 bridgehead atoms. The lowest BCUT2D eigenvalue weighted by atomic mass is 10.0. The van der Waals surface area contributed by atoms with E-state index in [9.17, 15) is 0 Å². The van der Waals surface area contributed by atoms with Gasteiger partial charge in [-0.3, -0.25) is 4.84 Å². The molecule has 0 aliphatic carbocycles. The fourth-order valence-electron chi connectivity index (χ4n) is 1.24. The predicted octanol–water partition coefficient (Wildman–Crippen LogP) is -0.532. The Morgan fingerprint density at radius 1 is 1.67 bits per heavy atom. The Labute approximate surface area is 88.2 Å². The van der Waals surface area contributed by atoms with Crippen LogP contribution in [0.3, 0.4) is 0 Å². The van der Waals surface area contributed by atoms with Gasteiger partial charge in [-0.2, -0.15) is 0 Å². The highest BCUT2D eigenvalue weighted by Crippen LogP contribution is 2.27. The first-order valence-corrected chi connectivity index (χ1v) is 4.81. The Hall–Kier alpha value is -0.500. The maximum absolute atomic E-state index is 5.82. The Balaban J connectivity index is 1.51. The van der Waals surface area contributed by atoms with E-state index in [1.165, 1.54) is 0 Å². The molecule has 2 aliphatic heterocycles. The van der Waals surface area contributed by atoms with Crippen molar-refractivity contribution >= 4 is 0 Å². The zero-order valence-corrected chi connectivity index (χ0v) is 8.69. The first-order chi connectivity index (χ1) is 7.11. The summed E-state index contributed by atoms with van der Waals surface area (Å²) in [4.78, 5) is 10.1. The summed E-state index contributed by atoms with van der Waals surface area (Å²) in [5, 5.41) is 0. The largest absolute Gasteiger partial charge is 0.377 e. The second-order valence-electron chi connectivity index (χ2n) is 4.12. The van der Waals surface area contributed by atoms with Crippen LogP contribution in [-0.2, 0) is 19.1 Å². The van der Waals surface area contributed by atoms with Crippen molar-refractivity contribution in [2.75, 3.05) is 19.8 Å². The first kappa shape index (κ1) is 11.0. The van der Waals surface area contributed by atoms with Gasteiger partial charge in [0.25, 0.3) is 0 Å². The van der Waals surface area contributed by atoms with Gasteiger partial charge in [0.15, 0.2) is 0 Å². The summed E-state index contributed by atoms with van der Waals surface area (Å²) in [5.41, 5.74) is 8.73. The van der Waals surface area contributed by atoms with E-state index in [0.29, 0.717) is 19.8 Å². The summed E-state index contributed by atoms with van der Waals surface area (Å²) < 4.78 is 10.1. The van der Waals surface area contributed by atoms with Gasteiger partial charge in [0.1, 0.15) is 6.10 Å². The molecule has 15 heavy (non-hydrogen) atoms. The van der Waals surface area contributed by atoms with Gasteiger partial charge in [-0.05, 0) is 12.5 Å². The lowest BCUT2D eigenvalue weighted by Gasteiger charge is -2.36. The zero-order valence-electron chi connectivity index (χ0n) is 8.69. The normalized spacial score (nSPS) is 32.1. The van der Waals surface area contributed by atoms with E-state index in [2.05, 4.69) is 12.2 Å². The lowest BCUT2D eigenvalue weighted by Crippen LogP contribution is -2.61. The average Bonchev–Trinajstić information content (AvgIpc) is 2.89. The molecule has 0 aromatic rings. The second-order valence-corrected chi connectivity index (χ2v) is 4.12. The van der Waals surface area contributed by atoms with Crippen LogP contribution >= 0.6 is 0 Å². The minimum absolute atomic E-state index is 0.0278. The molecule has 2 unspecified atom stereocenters. The van der Waals surface area contributed by atoms with Crippen molar-refractivity contribution in [3.8, 4) is 0 Å². The maximum Gasteiger partial charge on any atom is 0.211 e. The number of hydrogen-bond acceptors (Lipinski definition) is 6. The molecule has 3 N–H and O–H groups in total. The molecular formula is C9H16N2O4. The summed E-state index contributed by atoms with van der Waals surface area (Å²) >= 11 is 0. The minimum Gasteiger partial charge on any atom is -0.377 e. The summed E-state index contributed by atoms with van der Waals surface area (Å²) in [5.74, 6) is 0. The van der Waals surface area contributed by atoms with Crippen molar-refractivity contribution in [1.82, 2.24) is 5.64 Å². The molecule has 0 amide bonds. The monoisotopic (exact) mass is 216 g/mol. The van der Waals surface area contributed by atoms with Crippen molar-refractivity contribution in [3.63, 3.8) is 0 Å². The molecule has 2 atom stereocenters. The van der Waals surface area contributed by atoms with Crippen LogP contribution in [0, 0.1) is 0 Å². The number of rotatable bonds is 6. The van der Waals surface area contributed by atoms with Crippen LogP contribution in [0.1, 0.15) is 6.92 Å². The molecule has 2 saturated heterocycles. The average molecular weight is 216 g/mol. The number of hydrogen-bond donors (Lipinski definition) is 2. The van der Waals surface area contributed by atoms with E-state index in [-0.39, 0.29) is 17.9 Å². The van der Waals surface area contributed by atoms with E-state index in [4.69, 9.17) is 24.9 Å². The molecule has 0 spiro atoms. The van der Waals surface area contributed by atoms with Crippen LogP contribution in [0.2, 0.25) is 0 Å². The minimum atomic E-state index is -0.380. The van der Waals surface area contributed by atoms with Crippen LogP contribution in [0.15, 0.2) is 12.2 Å². The number of nitrogens with two attached hydrogens (primary N) is 1. The highest BCUT2D eigenvalue weighted by molar-refractivity contribution is 5.06. The Morgan fingerprint density at radius 3 is 2.87 bits per heavy atom. The van der Waals surface area contributed by atoms with Crippen molar-refractivity contribution in [2.24, 2.45) is 5.73 Å². The second kappa shape index (κ2) is 4.17. The van der Waals surface area contributed by atoms with Gasteiger partial charge < -0.3 is 15.2 Å². The molecule has 0 aromatic carbocycles. The van der Waals surface area contributed by atoms with E-state index in [0.717, 1.165) is 5.57 Å². The molecule has 6 nitrogen and oxygen atoms in total. The van der Waals surface area contributed by atoms with Gasteiger partial charge in [0.2, 0.25) is 6.29 Å². The molecule has 2 aliphatic rings. The maximum atomic E-state index is 5.82. The number of nitrogens with one attached hydrogen (secondary N) is 1. The summed E-state index contributed by atoms with van der Waals surface area (Å²) in [7, 11) is 0. The van der Waals surface area contributed by atoms with Crippen LogP contribution in [-0.4, -0.2) is 37.8 Å². The third kappa shape index (κ3) is 2.75. The predicted molar refractivity (Wildman–Crippen MR) is 51.4 cm³/mol. The molecule has 2 rings (SSSR count). The van der Waals surface area contributed by atoms with Gasteiger partial charge in [-0.1, -0.05) is 12.2 Å². The van der Waals surface area contributed by atoms with E-state index < -0.39 is 0 Å². The van der Waals surface area contributed by atoms with E-state index >= 15 is 0 Å². The van der Waals surface area contributed by atoms with Gasteiger partial charge >= 0.3 is 0 Å². The number of ether oxygens (including phenoxy) is 2. The highest BCUT2D eigenvalue weighted by Gasteiger charge is 2.41. The quantitative estimate of drug-likeness (QED) is 0.269. The smallest absolute Gasteiger partial charge is 0.211 e. The van der Waals surface area contributed by atoms with Crippen LogP contribution in [0.4, 0.5) is 0 Å². The summed E-state index contributed by atoms with van der Waals surface area (Å²) in [6.45, 7) is 7.01. The lowest BCUT2D eigenvalue weighted by molar-refractivity contribution is -0.219. The number of epoxide rings is 1. The van der Waals surface area contributed by atoms with Crippen molar-refractivity contribution in [3.05, 3.63) is 12.2 Å². The molecule has 0 radical (unpaired) electrons. The first-order valence-electron chi connectivity index (χ1n) is 4.81. The molecule has 86 valence electrons. The van der Waals surface area contributed by atoms with Gasteiger partial charge in [-0.25, -0.2) is 4.84 Å². The van der Waals surface area contributed by atoms with Crippen LogP contribution < -0.4 is 11.4 Å². The Kier molecular flexibility index (Phi) is 3.06. The van der Waals surface area contributed by atoms with Crippen LogP contribution in [0.5, 0.6) is 0 Å². The Morgan fingerprint density at radius 2 is 2.40 bits per heavy atom. The fraction of sp³-hybridized carbons (Fsp3) is 0.778. The highest BCUT2D eigenvalue weighted by atomic mass is 17.0. The van der Waals surface area contributed by atoms with Crippen molar-refractivity contribution in [2.45, 2.75) is 24.9 Å². The molecule has 6 heteroatoms. The van der Waals surface area contributed by atoms with Gasteiger partial charge in [0, 0.05) is 0 Å². The van der Waals surface area contributed by atoms with Crippen molar-refractivity contribution in [1.29, 1.82) is 0 Å². The Bertz CT molecular complexity index is 254. The topological polar surface area (TPSA) is 78.3 Å². The van der Waals surface area contributed by atoms with Crippen LogP contribution in [0.25, 0.3) is 0 Å². The fourth-order valence-corrected chi connectivity index (χ4v) is 1.24. The SMILES string of the molecule is C=C(C)C1OC1ONOCC1(N)COC1. The molecule has 2 fully saturated rings. The molecule has 2 heterocycles. The molecule has 0 aromatic heterocycles. The standard InChI is InChI=1S/C9H16N2O4/c1-6(2)7-8(14-7)15-11-13-5-9(10)3-12-4-9/h7-8,11H,1,3-5,10H2,2H3. The third-order valence-corrected chi connectivity index (χ3v) is 2.30. The molecule has 0 saturated carbocycles. The van der Waals surface area contributed by atoms with Gasteiger partial charge in [0.05, 0.1) is 25.4 Å². The zero-order chi connectivity index (χ0) is 10.9. The van der Waals surface area contributed by atoms with Gasteiger partial charge in [-0.15, -0.1) is 0 Å². The van der Waals surface area contributed by atoms with E-state index in [1.54, 1.807) is 0 Å². The summed E-state index contributed by atoms with van der Waals surface area (Å²) in [6, 6.07) is 0. The summed E-state index contributed by atoms with van der Waals surface area (Å²) in [6.07, 6.45) is -0.325. The van der Waals surface area contributed by atoms with Crippen molar-refractivity contribution < 1.29 is 19.1 Å². The van der Waals surface area contributed by atoms with E-state index in [1.807, 2.05) is 6.92 Å². The molecular weight excluding hydrogens is 200 g/mol. The third-order valence-electron chi connectivity index (χ3n) is 2.30.